The Morgan fingerprint density at radius 1 is 1.07 bits per heavy atom. The van der Waals surface area contributed by atoms with Crippen LogP contribution in [0.25, 0.3) is 5.65 Å². The molecule has 4 rings (SSSR count). The van der Waals surface area contributed by atoms with Crippen LogP contribution in [0.2, 0.25) is 0 Å². The number of carbonyl (C=O) groups excluding carboxylic acids is 1. The van der Waals surface area contributed by atoms with E-state index in [2.05, 4.69) is 28.9 Å². The summed E-state index contributed by atoms with van der Waals surface area (Å²) in [5.41, 5.74) is 0.788. The molecule has 1 atom stereocenters. The van der Waals surface area contributed by atoms with E-state index in [0.717, 1.165) is 56.2 Å². The van der Waals surface area contributed by atoms with Gasteiger partial charge in [-0.05, 0) is 58.3 Å². The summed E-state index contributed by atoms with van der Waals surface area (Å²) in [4.78, 5) is 19.0. The van der Waals surface area contributed by atoms with Gasteiger partial charge >= 0.3 is 0 Å². The number of anilines is 1. The van der Waals surface area contributed by atoms with Gasteiger partial charge in [-0.2, -0.15) is 4.52 Å². The van der Waals surface area contributed by atoms with Crippen LogP contribution in [-0.4, -0.2) is 81.3 Å². The third kappa shape index (κ3) is 3.26. The zero-order chi connectivity index (χ0) is 19.1. The van der Waals surface area contributed by atoms with E-state index in [1.165, 1.54) is 0 Å². The number of rotatable bonds is 4. The molecule has 1 unspecified atom stereocenters. The van der Waals surface area contributed by atoms with Gasteiger partial charge in [-0.15, -0.1) is 15.3 Å². The second-order valence-electron chi connectivity index (χ2n) is 8.15. The number of aromatic nitrogens is 4. The van der Waals surface area contributed by atoms with Crippen molar-refractivity contribution in [2.75, 3.05) is 38.6 Å². The highest BCUT2D eigenvalue weighted by Gasteiger charge is 2.38. The molecule has 2 aromatic heterocycles. The minimum atomic E-state index is 0.0574. The molecule has 0 saturated carbocycles. The molecule has 2 saturated heterocycles. The Morgan fingerprint density at radius 3 is 2.44 bits per heavy atom. The third-order valence-corrected chi connectivity index (χ3v) is 5.90. The van der Waals surface area contributed by atoms with E-state index in [1.807, 2.05) is 40.5 Å². The molecule has 0 aromatic carbocycles. The van der Waals surface area contributed by atoms with Crippen LogP contribution in [0.3, 0.4) is 0 Å². The van der Waals surface area contributed by atoms with Crippen LogP contribution in [0.5, 0.6) is 0 Å². The highest BCUT2D eigenvalue weighted by molar-refractivity contribution is 5.84. The minimum Gasteiger partial charge on any atom is -0.361 e. The summed E-state index contributed by atoms with van der Waals surface area (Å²) in [6.07, 6.45) is 2.92. The van der Waals surface area contributed by atoms with Gasteiger partial charge in [0.05, 0.1) is 6.04 Å². The number of piperidine rings is 1. The lowest BCUT2D eigenvalue weighted by atomic mass is 9.94. The molecular formula is C19H29N7O. The average molecular weight is 371 g/mol. The lowest BCUT2D eigenvalue weighted by Crippen LogP contribution is -2.46. The normalized spacial score (nSPS) is 22.3. The first-order chi connectivity index (χ1) is 13.0. The van der Waals surface area contributed by atoms with Crippen molar-refractivity contribution in [3.05, 3.63) is 18.0 Å². The zero-order valence-corrected chi connectivity index (χ0v) is 16.7. The van der Waals surface area contributed by atoms with Gasteiger partial charge in [0, 0.05) is 32.6 Å². The molecule has 0 radical (unpaired) electrons. The van der Waals surface area contributed by atoms with E-state index in [-0.39, 0.29) is 6.04 Å². The third-order valence-electron chi connectivity index (χ3n) is 5.90. The topological polar surface area (TPSA) is 69.9 Å². The van der Waals surface area contributed by atoms with Crippen LogP contribution in [0, 0.1) is 0 Å². The fourth-order valence-corrected chi connectivity index (χ4v) is 4.30. The van der Waals surface area contributed by atoms with Crippen molar-refractivity contribution in [2.24, 2.45) is 0 Å². The number of fused-ring (bicyclic) bond motifs is 1. The Hall–Kier alpha value is -2.22. The summed E-state index contributed by atoms with van der Waals surface area (Å²) >= 11 is 0. The molecular weight excluding hydrogens is 342 g/mol. The quantitative estimate of drug-likeness (QED) is 0.809. The molecule has 1 amide bonds. The van der Waals surface area contributed by atoms with Gasteiger partial charge in [0.25, 0.3) is 0 Å². The first-order valence-corrected chi connectivity index (χ1v) is 9.90. The molecule has 27 heavy (non-hydrogen) atoms. The molecule has 2 aromatic rings. The lowest BCUT2D eigenvalue weighted by molar-refractivity contribution is -0.133. The van der Waals surface area contributed by atoms with Crippen LogP contribution in [-0.2, 0) is 4.79 Å². The number of hydrogen-bond acceptors (Lipinski definition) is 6. The van der Waals surface area contributed by atoms with Crippen LogP contribution in [0.4, 0.5) is 5.82 Å². The standard InChI is InChI=1S/C19H29N7O/c1-13(2)25-12-9-15(19(25)27)24-10-7-14(8-11-24)18-21-20-16-5-6-17(23(3)4)22-26(16)18/h5-6,13-15H,7-12H2,1-4H3. The zero-order valence-electron chi connectivity index (χ0n) is 16.7. The number of amides is 1. The van der Waals surface area contributed by atoms with Crippen molar-refractivity contribution < 1.29 is 4.79 Å². The first-order valence-electron chi connectivity index (χ1n) is 9.90. The number of hydrogen-bond donors (Lipinski definition) is 0. The predicted molar refractivity (Wildman–Crippen MR) is 104 cm³/mol. The van der Waals surface area contributed by atoms with E-state index < -0.39 is 0 Å². The summed E-state index contributed by atoms with van der Waals surface area (Å²) in [5, 5.41) is 13.4. The number of nitrogens with zero attached hydrogens (tertiary/aromatic N) is 7. The second-order valence-corrected chi connectivity index (χ2v) is 8.15. The van der Waals surface area contributed by atoms with Crippen LogP contribution >= 0.6 is 0 Å². The number of carbonyl (C=O) groups is 1. The number of likely N-dealkylation sites (tertiary alicyclic amines) is 2. The van der Waals surface area contributed by atoms with Crippen molar-refractivity contribution >= 4 is 17.4 Å². The fraction of sp³-hybridized carbons (Fsp3) is 0.684. The van der Waals surface area contributed by atoms with Gasteiger partial charge < -0.3 is 9.80 Å². The van der Waals surface area contributed by atoms with E-state index in [0.29, 0.717) is 17.9 Å². The van der Waals surface area contributed by atoms with Crippen molar-refractivity contribution in [1.82, 2.24) is 29.6 Å². The smallest absolute Gasteiger partial charge is 0.240 e. The van der Waals surface area contributed by atoms with Gasteiger partial charge in [-0.1, -0.05) is 0 Å². The van der Waals surface area contributed by atoms with E-state index >= 15 is 0 Å². The lowest BCUT2D eigenvalue weighted by Gasteiger charge is -2.34. The molecule has 0 bridgehead atoms. The highest BCUT2D eigenvalue weighted by atomic mass is 16.2. The molecule has 8 nitrogen and oxygen atoms in total. The Kier molecular flexibility index (Phi) is 4.75. The average Bonchev–Trinajstić information content (AvgIpc) is 3.25. The van der Waals surface area contributed by atoms with Crippen LogP contribution < -0.4 is 4.90 Å². The van der Waals surface area contributed by atoms with E-state index in [1.54, 1.807) is 0 Å². The summed E-state index contributed by atoms with van der Waals surface area (Å²) in [6, 6.07) is 4.27. The van der Waals surface area contributed by atoms with Crippen molar-refractivity contribution in [3.63, 3.8) is 0 Å². The van der Waals surface area contributed by atoms with Crippen molar-refractivity contribution in [3.8, 4) is 0 Å². The van der Waals surface area contributed by atoms with Gasteiger partial charge in [0.2, 0.25) is 5.91 Å². The highest BCUT2D eigenvalue weighted by Crippen LogP contribution is 2.30. The maximum Gasteiger partial charge on any atom is 0.240 e. The Bertz CT molecular complexity index is 823. The molecule has 8 heteroatoms. The van der Waals surface area contributed by atoms with Crippen LogP contribution in [0.15, 0.2) is 12.1 Å². The van der Waals surface area contributed by atoms with Gasteiger partial charge in [-0.3, -0.25) is 9.69 Å². The molecule has 0 N–H and O–H groups in total. The first kappa shape index (κ1) is 18.2. The SMILES string of the molecule is CC(C)N1CCC(N2CCC(c3nnc4ccc(N(C)C)nn34)CC2)C1=O. The van der Waals surface area contributed by atoms with E-state index in [4.69, 9.17) is 5.10 Å². The monoisotopic (exact) mass is 371 g/mol. The van der Waals surface area contributed by atoms with Crippen molar-refractivity contribution in [1.29, 1.82) is 0 Å². The molecule has 4 heterocycles. The Labute approximate surface area is 160 Å². The van der Waals surface area contributed by atoms with Gasteiger partial charge in [0.15, 0.2) is 11.5 Å². The summed E-state index contributed by atoms with van der Waals surface area (Å²) < 4.78 is 1.89. The Morgan fingerprint density at radius 2 is 1.81 bits per heavy atom. The maximum absolute atomic E-state index is 12.7. The Balaban J connectivity index is 1.46. The predicted octanol–water partition coefficient (Wildman–Crippen LogP) is 1.38. The molecule has 146 valence electrons. The largest absolute Gasteiger partial charge is 0.361 e. The molecule has 2 aliphatic heterocycles. The van der Waals surface area contributed by atoms with Crippen molar-refractivity contribution in [2.45, 2.75) is 51.1 Å². The second kappa shape index (κ2) is 7.07. The fourth-order valence-electron chi connectivity index (χ4n) is 4.30. The van der Waals surface area contributed by atoms with E-state index in [9.17, 15) is 4.79 Å². The van der Waals surface area contributed by atoms with Crippen LogP contribution in [0.1, 0.15) is 44.9 Å². The molecule has 0 aliphatic carbocycles. The summed E-state index contributed by atoms with van der Waals surface area (Å²) in [7, 11) is 3.96. The van der Waals surface area contributed by atoms with Gasteiger partial charge in [0.1, 0.15) is 5.82 Å². The summed E-state index contributed by atoms with van der Waals surface area (Å²) in [5.74, 6) is 2.47. The molecule has 0 spiro atoms. The maximum atomic E-state index is 12.7. The summed E-state index contributed by atoms with van der Waals surface area (Å²) in [6.45, 7) is 6.92. The van der Waals surface area contributed by atoms with Gasteiger partial charge in [-0.25, -0.2) is 0 Å². The minimum absolute atomic E-state index is 0.0574. The molecule has 2 fully saturated rings. The molecule has 2 aliphatic rings.